The zero-order valence-corrected chi connectivity index (χ0v) is 20.5. The molecule has 3 fully saturated rings. The van der Waals surface area contributed by atoms with Crippen molar-refractivity contribution in [3.05, 3.63) is 36.4 Å². The summed E-state index contributed by atoms with van der Waals surface area (Å²) in [6.45, 7) is 4.82. The number of rotatable bonds is 5. The highest BCUT2D eigenvalue weighted by Gasteiger charge is 2.60. The Bertz CT molecular complexity index is 1020. The zero-order chi connectivity index (χ0) is 24.1. The standard InChI is InChI=1S/C28H37N3O3/c1-27-13-11-23-21(8-10-24-28(23,2)14-12-26(34)31(24)3)22(27)9-7-18(27)15-25(33)30-20-6-4-5-19(16-20)29-17-32/h4-6,12,14,16-18,21-24H,7-11,13,15H2,1-3H3,(H,29,32)(H,30,33)/t18-,21+,22+,23+,24-,27-,28-/m1/s1. The highest BCUT2D eigenvalue weighted by molar-refractivity contribution is 5.92. The quantitative estimate of drug-likeness (QED) is 0.614. The molecular formula is C28H37N3O3. The highest BCUT2D eigenvalue weighted by Crippen LogP contribution is 2.65. The van der Waals surface area contributed by atoms with Gasteiger partial charge in [-0.15, -0.1) is 0 Å². The van der Waals surface area contributed by atoms with Crippen molar-refractivity contribution in [2.45, 2.75) is 64.8 Å². The Hall–Kier alpha value is -2.63. The van der Waals surface area contributed by atoms with E-state index in [1.54, 1.807) is 18.2 Å². The van der Waals surface area contributed by atoms with E-state index >= 15 is 0 Å². The SMILES string of the molecule is CN1C(=O)C=C[C@]2(C)[C@H]3CC[C@]4(C)[C@@H](CC(=O)Nc5cccc(NC=O)c5)CC[C@H]4[C@@H]3CC[C@@H]12. The molecule has 1 heterocycles. The second-order valence-corrected chi connectivity index (χ2v) is 11.5. The van der Waals surface area contributed by atoms with Crippen molar-refractivity contribution in [1.29, 1.82) is 0 Å². The van der Waals surface area contributed by atoms with Gasteiger partial charge in [0.2, 0.25) is 18.2 Å². The third-order valence-electron chi connectivity index (χ3n) is 10.1. The molecule has 3 saturated carbocycles. The molecule has 182 valence electrons. The summed E-state index contributed by atoms with van der Waals surface area (Å²) in [5, 5.41) is 5.68. The molecule has 0 saturated heterocycles. The van der Waals surface area contributed by atoms with Gasteiger partial charge in [0.1, 0.15) is 0 Å². The molecule has 7 atom stereocenters. The first kappa shape index (κ1) is 23.1. The fourth-order valence-electron chi connectivity index (χ4n) is 8.37. The smallest absolute Gasteiger partial charge is 0.246 e. The Labute approximate surface area is 202 Å². The van der Waals surface area contributed by atoms with Crippen LogP contribution in [0.15, 0.2) is 36.4 Å². The zero-order valence-electron chi connectivity index (χ0n) is 20.5. The number of nitrogens with one attached hydrogen (secondary N) is 2. The van der Waals surface area contributed by atoms with Crippen LogP contribution in [0.5, 0.6) is 0 Å². The minimum Gasteiger partial charge on any atom is -0.338 e. The lowest BCUT2D eigenvalue weighted by atomic mass is 9.47. The lowest BCUT2D eigenvalue weighted by Crippen LogP contribution is -2.59. The molecule has 1 aliphatic heterocycles. The summed E-state index contributed by atoms with van der Waals surface area (Å²) >= 11 is 0. The van der Waals surface area contributed by atoms with Gasteiger partial charge in [0.15, 0.2) is 0 Å². The summed E-state index contributed by atoms with van der Waals surface area (Å²) in [6.07, 6.45) is 12.1. The molecule has 0 unspecified atom stereocenters. The maximum Gasteiger partial charge on any atom is 0.246 e. The molecule has 3 aliphatic carbocycles. The van der Waals surface area contributed by atoms with Crippen molar-refractivity contribution in [3.8, 4) is 0 Å². The van der Waals surface area contributed by atoms with Crippen LogP contribution >= 0.6 is 0 Å². The van der Waals surface area contributed by atoms with Crippen LogP contribution in [0.2, 0.25) is 0 Å². The lowest BCUT2D eigenvalue weighted by molar-refractivity contribution is -0.139. The number of carbonyl (C=O) groups is 3. The van der Waals surface area contributed by atoms with Crippen LogP contribution < -0.4 is 10.6 Å². The molecule has 1 aromatic carbocycles. The Kier molecular flexibility index (Phi) is 5.81. The third kappa shape index (κ3) is 3.66. The van der Waals surface area contributed by atoms with Crippen molar-refractivity contribution in [2.24, 2.45) is 34.5 Å². The van der Waals surface area contributed by atoms with Crippen LogP contribution in [-0.4, -0.2) is 36.2 Å². The summed E-state index contributed by atoms with van der Waals surface area (Å²) in [6, 6.07) is 7.59. The van der Waals surface area contributed by atoms with Crippen molar-refractivity contribution < 1.29 is 14.4 Å². The molecule has 0 aromatic heterocycles. The predicted octanol–water partition coefficient (Wildman–Crippen LogP) is 4.84. The molecule has 0 spiro atoms. The Balaban J connectivity index is 1.29. The molecule has 2 N–H and O–H groups in total. The number of anilines is 2. The summed E-state index contributed by atoms with van der Waals surface area (Å²) in [5.74, 6) is 2.52. The number of benzene rings is 1. The van der Waals surface area contributed by atoms with Gasteiger partial charge in [-0.25, -0.2) is 0 Å². The summed E-state index contributed by atoms with van der Waals surface area (Å²) in [4.78, 5) is 38.0. The topological polar surface area (TPSA) is 78.5 Å². The number of nitrogens with zero attached hydrogens (tertiary/aromatic N) is 1. The van der Waals surface area contributed by atoms with Crippen LogP contribution in [-0.2, 0) is 14.4 Å². The normalized spacial score (nSPS) is 38.5. The van der Waals surface area contributed by atoms with Gasteiger partial charge < -0.3 is 15.5 Å². The first-order chi connectivity index (χ1) is 16.3. The van der Waals surface area contributed by atoms with Crippen molar-refractivity contribution in [3.63, 3.8) is 0 Å². The second kappa shape index (κ2) is 8.54. The van der Waals surface area contributed by atoms with Gasteiger partial charge in [0, 0.05) is 36.3 Å². The molecule has 0 radical (unpaired) electrons. The van der Waals surface area contributed by atoms with E-state index in [2.05, 4.69) is 30.6 Å². The van der Waals surface area contributed by atoms with Crippen LogP contribution in [0.1, 0.15) is 58.8 Å². The van der Waals surface area contributed by atoms with Crippen molar-refractivity contribution >= 4 is 29.6 Å². The van der Waals surface area contributed by atoms with Crippen LogP contribution in [0.25, 0.3) is 0 Å². The first-order valence-electron chi connectivity index (χ1n) is 12.8. The van der Waals surface area contributed by atoms with Crippen LogP contribution in [0, 0.1) is 34.5 Å². The third-order valence-corrected chi connectivity index (χ3v) is 10.1. The number of hydrogen-bond donors (Lipinski definition) is 2. The molecule has 34 heavy (non-hydrogen) atoms. The maximum atomic E-state index is 13.0. The number of carbonyl (C=O) groups excluding carboxylic acids is 3. The van der Waals surface area contributed by atoms with E-state index in [0.29, 0.717) is 53.9 Å². The van der Waals surface area contributed by atoms with Gasteiger partial charge in [0.25, 0.3) is 0 Å². The largest absolute Gasteiger partial charge is 0.338 e. The monoisotopic (exact) mass is 463 g/mol. The Morgan fingerprint density at radius 3 is 2.71 bits per heavy atom. The highest BCUT2D eigenvalue weighted by atomic mass is 16.2. The van der Waals surface area contributed by atoms with Crippen LogP contribution in [0.3, 0.4) is 0 Å². The van der Waals surface area contributed by atoms with Crippen LogP contribution in [0.4, 0.5) is 11.4 Å². The van der Waals surface area contributed by atoms with E-state index in [0.717, 1.165) is 19.3 Å². The fourth-order valence-corrected chi connectivity index (χ4v) is 8.37. The molecule has 3 amide bonds. The van der Waals surface area contributed by atoms with Gasteiger partial charge in [-0.1, -0.05) is 26.0 Å². The van der Waals surface area contributed by atoms with Crippen molar-refractivity contribution in [1.82, 2.24) is 4.90 Å². The number of likely N-dealkylation sites (N-methyl/N-ethyl adjacent to an activating group) is 1. The Morgan fingerprint density at radius 2 is 1.91 bits per heavy atom. The summed E-state index contributed by atoms with van der Waals surface area (Å²) in [7, 11) is 1.97. The Morgan fingerprint density at radius 1 is 1.12 bits per heavy atom. The van der Waals surface area contributed by atoms with E-state index < -0.39 is 0 Å². The molecule has 6 heteroatoms. The van der Waals surface area contributed by atoms with Gasteiger partial charge in [-0.2, -0.15) is 0 Å². The average Bonchev–Trinajstić information content (AvgIpc) is 3.13. The lowest BCUT2D eigenvalue weighted by Gasteiger charge is -2.60. The fraction of sp³-hybridized carbons (Fsp3) is 0.607. The van der Waals surface area contributed by atoms with Gasteiger partial charge in [-0.05, 0) is 91.9 Å². The minimum atomic E-state index is 0.0585. The van der Waals surface area contributed by atoms with E-state index in [1.165, 1.54) is 19.3 Å². The van der Waals surface area contributed by atoms with Gasteiger partial charge >= 0.3 is 0 Å². The average molecular weight is 464 g/mol. The van der Waals surface area contributed by atoms with Gasteiger partial charge in [0.05, 0.1) is 0 Å². The van der Waals surface area contributed by atoms with Gasteiger partial charge in [-0.3, -0.25) is 14.4 Å². The molecule has 6 nitrogen and oxygen atoms in total. The van der Waals surface area contributed by atoms with Crippen molar-refractivity contribution in [2.75, 3.05) is 17.7 Å². The number of fused-ring (bicyclic) bond motifs is 5. The summed E-state index contributed by atoms with van der Waals surface area (Å²) in [5.41, 5.74) is 1.65. The molecule has 5 rings (SSSR count). The van der Waals surface area contributed by atoms with E-state index in [-0.39, 0.29) is 22.6 Å². The van der Waals surface area contributed by atoms with E-state index in [4.69, 9.17) is 0 Å². The number of hydrogen-bond acceptors (Lipinski definition) is 3. The molecule has 0 bridgehead atoms. The molecule has 4 aliphatic rings. The second-order valence-electron chi connectivity index (χ2n) is 11.5. The molecular weight excluding hydrogens is 426 g/mol. The summed E-state index contributed by atoms with van der Waals surface area (Å²) < 4.78 is 0. The van der Waals surface area contributed by atoms with E-state index in [9.17, 15) is 14.4 Å². The minimum absolute atomic E-state index is 0.0585. The van der Waals surface area contributed by atoms with E-state index in [1.807, 2.05) is 24.1 Å². The number of amides is 3. The maximum absolute atomic E-state index is 13.0. The predicted molar refractivity (Wildman–Crippen MR) is 133 cm³/mol. The first-order valence-corrected chi connectivity index (χ1v) is 12.8. The molecule has 1 aromatic rings.